The van der Waals surface area contributed by atoms with E-state index in [0.29, 0.717) is 23.7 Å². The summed E-state index contributed by atoms with van der Waals surface area (Å²) in [7, 11) is 0. The van der Waals surface area contributed by atoms with E-state index in [1.54, 1.807) is 11.0 Å². The number of nitrogens with zero attached hydrogens (tertiary/aromatic N) is 1. The molecule has 0 aliphatic carbocycles. The lowest BCUT2D eigenvalue weighted by Crippen LogP contribution is -2.36. The fourth-order valence-corrected chi connectivity index (χ4v) is 1.87. The number of halogens is 1. The highest BCUT2D eigenvalue weighted by atomic mass is 19.1. The largest absolute Gasteiger partial charge is 0.392 e. The first-order chi connectivity index (χ1) is 8.43. The molecule has 3 N–H and O–H groups in total. The van der Waals surface area contributed by atoms with Crippen LogP contribution >= 0.6 is 0 Å². The summed E-state index contributed by atoms with van der Waals surface area (Å²) in [6.45, 7) is 4.41. The van der Waals surface area contributed by atoms with Gasteiger partial charge in [-0.25, -0.2) is 4.39 Å². The van der Waals surface area contributed by atoms with Crippen molar-refractivity contribution in [3.63, 3.8) is 0 Å². The van der Waals surface area contributed by atoms with E-state index in [2.05, 4.69) is 0 Å². The molecule has 0 atom stereocenters. The zero-order valence-electron chi connectivity index (χ0n) is 10.7. The Morgan fingerprint density at radius 2 is 2.17 bits per heavy atom. The average molecular weight is 254 g/mol. The highest BCUT2D eigenvalue weighted by Gasteiger charge is 2.15. The van der Waals surface area contributed by atoms with E-state index >= 15 is 0 Å². The zero-order chi connectivity index (χ0) is 13.7. The van der Waals surface area contributed by atoms with Gasteiger partial charge < -0.3 is 15.7 Å². The summed E-state index contributed by atoms with van der Waals surface area (Å²) in [5.74, 6) is -0.545. The Bertz CT molecular complexity index is 421. The molecule has 0 aromatic heterocycles. The third-order valence-corrected chi connectivity index (χ3v) is 2.48. The highest BCUT2D eigenvalue weighted by Crippen LogP contribution is 2.22. The Hall–Kier alpha value is -1.62. The summed E-state index contributed by atoms with van der Waals surface area (Å²) in [6.07, 6.45) is 0. The number of hydrogen-bond acceptors (Lipinski definition) is 3. The van der Waals surface area contributed by atoms with Crippen molar-refractivity contribution in [3.8, 4) is 0 Å². The molecule has 0 fully saturated rings. The van der Waals surface area contributed by atoms with Crippen LogP contribution in [0.1, 0.15) is 19.4 Å². The molecule has 100 valence electrons. The molecule has 5 heteroatoms. The first-order valence-corrected chi connectivity index (χ1v) is 5.86. The van der Waals surface area contributed by atoms with Crippen LogP contribution in [0.3, 0.4) is 0 Å². The number of carbonyl (C=O) groups excluding carboxylic acids is 1. The quantitative estimate of drug-likeness (QED) is 0.803. The van der Waals surface area contributed by atoms with Crippen LogP contribution in [0.2, 0.25) is 0 Å². The van der Waals surface area contributed by atoms with E-state index in [-0.39, 0.29) is 13.2 Å². The van der Waals surface area contributed by atoms with Crippen LogP contribution < -0.4 is 10.6 Å². The molecule has 0 saturated heterocycles. The Morgan fingerprint density at radius 3 is 2.67 bits per heavy atom. The predicted molar refractivity (Wildman–Crippen MR) is 68.6 cm³/mol. The summed E-state index contributed by atoms with van der Waals surface area (Å²) >= 11 is 0. The Labute approximate surface area is 106 Å². The standard InChI is InChI=1S/C13H19FN2O2/c1-9(2)6-16(7-13(15)18)12-4-3-11(14)5-10(12)8-17/h3-5,9,17H,6-8H2,1-2H3,(H2,15,18). The Morgan fingerprint density at radius 1 is 1.50 bits per heavy atom. The lowest BCUT2D eigenvalue weighted by atomic mass is 10.1. The number of anilines is 1. The van der Waals surface area contributed by atoms with Crippen LogP contribution in [0.25, 0.3) is 0 Å². The smallest absolute Gasteiger partial charge is 0.236 e. The minimum absolute atomic E-state index is 0.0524. The SMILES string of the molecule is CC(C)CN(CC(N)=O)c1ccc(F)cc1CO. The van der Waals surface area contributed by atoms with Gasteiger partial charge in [0.15, 0.2) is 0 Å². The highest BCUT2D eigenvalue weighted by molar-refractivity contribution is 5.80. The number of rotatable bonds is 6. The molecule has 1 amide bonds. The molecule has 0 heterocycles. The number of benzene rings is 1. The maximum Gasteiger partial charge on any atom is 0.236 e. The number of aliphatic hydroxyl groups excluding tert-OH is 1. The van der Waals surface area contributed by atoms with Gasteiger partial charge in [0.05, 0.1) is 13.2 Å². The summed E-state index contributed by atoms with van der Waals surface area (Å²) in [5, 5.41) is 9.25. The lowest BCUT2D eigenvalue weighted by Gasteiger charge is -2.27. The molecule has 4 nitrogen and oxygen atoms in total. The summed E-state index contributed by atoms with van der Waals surface area (Å²) < 4.78 is 13.1. The van der Waals surface area contributed by atoms with E-state index < -0.39 is 11.7 Å². The second-order valence-electron chi connectivity index (χ2n) is 4.67. The molecular formula is C13H19FN2O2. The zero-order valence-corrected chi connectivity index (χ0v) is 10.7. The van der Waals surface area contributed by atoms with E-state index in [1.165, 1.54) is 12.1 Å². The fourth-order valence-electron chi connectivity index (χ4n) is 1.87. The first kappa shape index (κ1) is 14.4. The minimum Gasteiger partial charge on any atom is -0.392 e. The number of carbonyl (C=O) groups is 1. The predicted octanol–water partition coefficient (Wildman–Crippen LogP) is 1.27. The van der Waals surface area contributed by atoms with Crippen LogP contribution in [0.5, 0.6) is 0 Å². The molecule has 0 spiro atoms. The van der Waals surface area contributed by atoms with Crippen molar-refractivity contribution in [2.75, 3.05) is 18.0 Å². The molecular weight excluding hydrogens is 235 g/mol. The third-order valence-electron chi connectivity index (χ3n) is 2.48. The molecule has 0 radical (unpaired) electrons. The van der Waals surface area contributed by atoms with Crippen molar-refractivity contribution in [3.05, 3.63) is 29.6 Å². The van der Waals surface area contributed by atoms with Gasteiger partial charge in [-0.1, -0.05) is 13.8 Å². The monoisotopic (exact) mass is 254 g/mol. The molecule has 0 saturated carbocycles. The summed E-state index contributed by atoms with van der Waals surface area (Å²) in [5.41, 5.74) is 6.31. The average Bonchev–Trinajstić information content (AvgIpc) is 2.26. The van der Waals surface area contributed by atoms with E-state index in [9.17, 15) is 14.3 Å². The van der Waals surface area contributed by atoms with E-state index in [0.717, 1.165) is 0 Å². The third kappa shape index (κ3) is 4.00. The first-order valence-electron chi connectivity index (χ1n) is 5.86. The van der Waals surface area contributed by atoms with Crippen LogP contribution in [-0.2, 0) is 11.4 Å². The van der Waals surface area contributed by atoms with Gasteiger partial charge >= 0.3 is 0 Å². The van der Waals surface area contributed by atoms with Gasteiger partial charge in [-0.15, -0.1) is 0 Å². The molecule has 0 unspecified atom stereocenters. The normalized spacial score (nSPS) is 10.7. The molecule has 0 aliphatic rings. The second-order valence-corrected chi connectivity index (χ2v) is 4.67. The van der Waals surface area contributed by atoms with Gasteiger partial charge in [-0.3, -0.25) is 4.79 Å². The molecule has 1 aromatic rings. The van der Waals surface area contributed by atoms with Crippen LogP contribution in [0, 0.1) is 11.7 Å². The van der Waals surface area contributed by atoms with Crippen molar-refractivity contribution >= 4 is 11.6 Å². The number of aliphatic hydroxyl groups is 1. The topological polar surface area (TPSA) is 66.6 Å². The lowest BCUT2D eigenvalue weighted by molar-refractivity contribution is -0.116. The fraction of sp³-hybridized carbons (Fsp3) is 0.462. The van der Waals surface area contributed by atoms with Crippen molar-refractivity contribution in [2.45, 2.75) is 20.5 Å². The van der Waals surface area contributed by atoms with Crippen LogP contribution in [-0.4, -0.2) is 24.1 Å². The van der Waals surface area contributed by atoms with Crippen molar-refractivity contribution in [2.24, 2.45) is 11.7 Å². The maximum absolute atomic E-state index is 13.1. The number of nitrogens with two attached hydrogens (primary N) is 1. The summed E-state index contributed by atoms with van der Waals surface area (Å²) in [4.78, 5) is 12.8. The van der Waals surface area contributed by atoms with Gasteiger partial charge in [0, 0.05) is 17.8 Å². The number of amides is 1. The van der Waals surface area contributed by atoms with Gasteiger partial charge in [-0.2, -0.15) is 0 Å². The maximum atomic E-state index is 13.1. The van der Waals surface area contributed by atoms with Gasteiger partial charge in [0.2, 0.25) is 5.91 Å². The van der Waals surface area contributed by atoms with Crippen molar-refractivity contribution in [1.29, 1.82) is 0 Å². The van der Waals surface area contributed by atoms with Crippen molar-refractivity contribution < 1.29 is 14.3 Å². The van der Waals surface area contributed by atoms with Gasteiger partial charge in [-0.05, 0) is 24.1 Å². The minimum atomic E-state index is -0.455. The van der Waals surface area contributed by atoms with Crippen LogP contribution in [0.4, 0.5) is 10.1 Å². The number of hydrogen-bond donors (Lipinski definition) is 2. The molecule has 1 rings (SSSR count). The van der Waals surface area contributed by atoms with E-state index in [1.807, 2.05) is 13.8 Å². The molecule has 0 bridgehead atoms. The van der Waals surface area contributed by atoms with Gasteiger partial charge in [0.25, 0.3) is 0 Å². The van der Waals surface area contributed by atoms with Crippen LogP contribution in [0.15, 0.2) is 18.2 Å². The molecule has 1 aromatic carbocycles. The number of primary amides is 1. The molecule has 0 aliphatic heterocycles. The van der Waals surface area contributed by atoms with Crippen molar-refractivity contribution in [1.82, 2.24) is 0 Å². The Kier molecular flexibility index (Phi) is 5.09. The molecule has 18 heavy (non-hydrogen) atoms. The second kappa shape index (κ2) is 6.35. The van der Waals surface area contributed by atoms with E-state index in [4.69, 9.17) is 5.73 Å². The van der Waals surface area contributed by atoms with Gasteiger partial charge in [0.1, 0.15) is 5.82 Å². The summed E-state index contributed by atoms with van der Waals surface area (Å²) in [6, 6.07) is 4.14. The Balaban J connectivity index is 3.06.